The molecule has 2 aliphatic carbocycles. The van der Waals surface area contributed by atoms with Crippen LogP contribution in [-0.2, 0) is 41.7 Å². The third-order valence-electron chi connectivity index (χ3n) is 12.1. The number of allylic oxidation sites excluding steroid dienone is 1. The Labute approximate surface area is 346 Å². The van der Waals surface area contributed by atoms with E-state index in [2.05, 4.69) is 20.3 Å². The zero-order chi connectivity index (χ0) is 43.5. The summed E-state index contributed by atoms with van der Waals surface area (Å²) in [5.41, 5.74) is -5.21. The van der Waals surface area contributed by atoms with Crippen LogP contribution in [0.3, 0.4) is 0 Å². The maximum Gasteiger partial charge on any atom is 0.437 e. The smallest absolute Gasteiger partial charge is 0.437 e. The van der Waals surface area contributed by atoms with Crippen molar-refractivity contribution in [1.29, 1.82) is 0 Å². The van der Waals surface area contributed by atoms with Crippen molar-refractivity contribution in [2.45, 2.75) is 138 Å². The topological polar surface area (TPSA) is 203 Å². The molecule has 1 saturated heterocycles. The minimum atomic E-state index is -4.96. The number of amides is 4. The van der Waals surface area contributed by atoms with Crippen LogP contribution in [-0.4, -0.2) is 101 Å². The summed E-state index contributed by atoms with van der Waals surface area (Å²) in [6.45, 7) is 5.80. The van der Waals surface area contributed by atoms with E-state index in [9.17, 15) is 45.9 Å². The molecule has 4 N–H and O–H groups in total. The molecule has 3 aliphatic heterocycles. The van der Waals surface area contributed by atoms with Crippen LogP contribution in [0.25, 0.3) is 10.9 Å². The highest BCUT2D eigenvalue weighted by atomic mass is 32.2. The Morgan fingerprint density at radius 1 is 1.10 bits per heavy atom. The number of halogens is 3. The highest BCUT2D eigenvalue weighted by molar-refractivity contribution is 7.91. The number of alkyl halides is 3. The third-order valence-corrected chi connectivity index (χ3v) is 14.3. The lowest BCUT2D eigenvalue weighted by molar-refractivity contribution is -0.144. The number of aromatic nitrogens is 1. The van der Waals surface area contributed by atoms with Gasteiger partial charge in [-0.3, -0.25) is 19.1 Å². The second kappa shape index (κ2) is 15.7. The minimum Gasteiger partial charge on any atom is -0.491 e. The lowest BCUT2D eigenvalue weighted by atomic mass is 9.87. The second-order valence-corrected chi connectivity index (χ2v) is 20.1. The summed E-state index contributed by atoms with van der Waals surface area (Å²) >= 11 is 0. The number of pyridine rings is 1. The molecule has 0 bridgehead atoms. The van der Waals surface area contributed by atoms with Gasteiger partial charge in [0.15, 0.2) is 11.4 Å². The van der Waals surface area contributed by atoms with Crippen LogP contribution < -0.4 is 24.8 Å². The van der Waals surface area contributed by atoms with Gasteiger partial charge in [0.25, 0.3) is 5.91 Å². The van der Waals surface area contributed by atoms with E-state index >= 15 is 0 Å². The molecule has 60 heavy (non-hydrogen) atoms. The number of nitrogens with one attached hydrogen (secondary N) is 3. The number of fused-ring (bicyclic) bond motifs is 5. The Balaban J connectivity index is 1.27. The van der Waals surface area contributed by atoms with Gasteiger partial charge in [-0.25, -0.2) is 18.2 Å². The number of benzene rings is 1. The molecule has 0 radical (unpaired) electrons. The molecule has 328 valence electrons. The Hall–Kier alpha value is -4.65. The molecule has 0 unspecified atom stereocenters. The Kier molecular flexibility index (Phi) is 11.3. The van der Waals surface area contributed by atoms with Gasteiger partial charge in [0.2, 0.25) is 21.8 Å². The van der Waals surface area contributed by atoms with E-state index in [1.165, 1.54) is 30.0 Å². The summed E-state index contributed by atoms with van der Waals surface area (Å²) in [4.78, 5) is 61.6. The van der Waals surface area contributed by atoms with Crippen LogP contribution in [0.2, 0.25) is 0 Å². The molecule has 15 nitrogen and oxygen atoms in total. The van der Waals surface area contributed by atoms with Gasteiger partial charge in [-0.2, -0.15) is 13.2 Å². The number of aliphatic hydroxyl groups excluding tert-OH is 1. The van der Waals surface area contributed by atoms with Crippen LogP contribution in [0.5, 0.6) is 11.5 Å². The maximum atomic E-state index is 14.8. The van der Waals surface area contributed by atoms with Gasteiger partial charge in [0, 0.05) is 23.3 Å². The number of hydrogen-bond acceptors (Lipinski definition) is 11. The fourth-order valence-corrected chi connectivity index (χ4v) is 9.72. The van der Waals surface area contributed by atoms with Crippen molar-refractivity contribution in [2.24, 2.45) is 5.92 Å². The third kappa shape index (κ3) is 8.74. The Bertz CT molecular complexity index is 2210. The van der Waals surface area contributed by atoms with Crippen molar-refractivity contribution in [3.63, 3.8) is 0 Å². The van der Waals surface area contributed by atoms with Crippen molar-refractivity contribution in [3.8, 4) is 11.5 Å². The molecule has 2 saturated carbocycles. The number of carbonyl (C=O) groups is 4. The number of aliphatic hydroxyl groups is 1. The summed E-state index contributed by atoms with van der Waals surface area (Å²) < 4.78 is 89.3. The van der Waals surface area contributed by atoms with Gasteiger partial charge < -0.3 is 34.9 Å². The molecule has 1 spiro atoms. The van der Waals surface area contributed by atoms with E-state index in [-0.39, 0.29) is 62.9 Å². The fraction of sp³-hybridized carbons (Fsp3) is 0.634. The molecule has 3 fully saturated rings. The summed E-state index contributed by atoms with van der Waals surface area (Å²) in [6, 6.07) is 1.74. The number of nitrogens with zero attached hydrogens (tertiary/aromatic N) is 2. The molecule has 4 heterocycles. The number of hydrogen-bond donors (Lipinski definition) is 4. The van der Waals surface area contributed by atoms with Gasteiger partial charge in [-0.05, 0) is 97.3 Å². The Morgan fingerprint density at radius 2 is 1.85 bits per heavy atom. The SMILES string of the molecule is CC(C)(C)OC(=O)N[C@H]1CCCCC/C=C\[C@H]2C[C@@]2(C(=O)NS(=O)(=O)C2(C)CC2)NC(=O)[C@@H]2C[C@]3(CCc4c(c(C(F)(F)F)nc5ccc(OCCO)cc45)O3)CN2C1=O. The van der Waals surface area contributed by atoms with Gasteiger partial charge in [0.1, 0.15) is 41.2 Å². The highest BCUT2D eigenvalue weighted by Gasteiger charge is 2.64. The van der Waals surface area contributed by atoms with Crippen LogP contribution in [0.15, 0.2) is 30.4 Å². The zero-order valence-electron chi connectivity index (χ0n) is 34.1. The van der Waals surface area contributed by atoms with Crippen molar-refractivity contribution >= 4 is 44.7 Å². The van der Waals surface area contributed by atoms with E-state index in [0.29, 0.717) is 49.7 Å². The predicted molar refractivity (Wildman–Crippen MR) is 210 cm³/mol. The van der Waals surface area contributed by atoms with Crippen molar-refractivity contribution < 1.29 is 60.1 Å². The van der Waals surface area contributed by atoms with Gasteiger partial charge in [-0.1, -0.05) is 25.0 Å². The van der Waals surface area contributed by atoms with Gasteiger partial charge >= 0.3 is 12.3 Å². The molecule has 2 aromatic rings. The quantitative estimate of drug-likeness (QED) is 0.284. The normalized spacial score (nSPS) is 28.5. The molecular formula is C41H52F3N5O10S. The number of alkyl carbamates (subject to hydrolysis) is 1. The van der Waals surface area contributed by atoms with Crippen LogP contribution >= 0.6 is 0 Å². The number of aryl methyl sites for hydroxylation is 1. The summed E-state index contributed by atoms with van der Waals surface area (Å²) in [6.07, 6.45) is 0.965. The summed E-state index contributed by atoms with van der Waals surface area (Å²) in [5, 5.41) is 15.0. The number of ether oxygens (including phenoxy) is 3. The van der Waals surface area contributed by atoms with E-state index in [1.54, 1.807) is 26.8 Å². The first-order valence-corrected chi connectivity index (χ1v) is 21.9. The lowest BCUT2D eigenvalue weighted by Crippen LogP contribution is -2.58. The molecule has 1 aromatic carbocycles. The average molecular weight is 864 g/mol. The minimum absolute atomic E-state index is 0.0205. The Morgan fingerprint density at radius 3 is 2.53 bits per heavy atom. The largest absolute Gasteiger partial charge is 0.491 e. The molecule has 4 amide bonds. The van der Waals surface area contributed by atoms with E-state index < -0.39 is 90.9 Å². The van der Waals surface area contributed by atoms with Gasteiger partial charge in [-0.15, -0.1) is 0 Å². The van der Waals surface area contributed by atoms with Crippen LogP contribution in [0.4, 0.5) is 18.0 Å². The average Bonchev–Trinajstić information content (AvgIpc) is 4.05. The lowest BCUT2D eigenvalue weighted by Gasteiger charge is -2.37. The van der Waals surface area contributed by atoms with Crippen LogP contribution in [0.1, 0.15) is 103 Å². The van der Waals surface area contributed by atoms with Crippen molar-refractivity contribution in [2.75, 3.05) is 19.8 Å². The second-order valence-electron chi connectivity index (χ2n) is 17.9. The van der Waals surface area contributed by atoms with Gasteiger partial charge in [0.05, 0.1) is 23.4 Å². The molecule has 1 aromatic heterocycles. The standard InChI is InChI=1S/C41H52F3N5O10S/c1-37(2,3)59-36(54)46-29-11-9-7-5-6-8-10-24-21-40(24,35(53)48-60(55,56)38(4)16-17-38)47-33(51)30-22-39(23-49(30)34(29)52)15-14-26-27-20-25(57-19-18-50)12-13-28(27)45-32(31(26)58-39)41(42,43)44/h8,10,12-13,20,24,29-30,50H,5-7,9,11,14-19,21-23H2,1-4H3,(H,46,54)(H,47,51)(H,48,53)/b10-8-/t24-,29-,30-,39+,40+/m0/s1. The number of sulfonamides is 1. The van der Waals surface area contributed by atoms with E-state index in [4.69, 9.17) is 14.2 Å². The maximum absolute atomic E-state index is 14.8. The van der Waals surface area contributed by atoms with Crippen molar-refractivity contribution in [1.82, 2.24) is 25.2 Å². The summed E-state index contributed by atoms with van der Waals surface area (Å²) in [7, 11) is -4.11. The highest BCUT2D eigenvalue weighted by Crippen LogP contribution is 2.50. The van der Waals surface area contributed by atoms with E-state index in [0.717, 1.165) is 0 Å². The molecular weight excluding hydrogens is 812 g/mol. The van der Waals surface area contributed by atoms with E-state index in [1.807, 2.05) is 6.08 Å². The molecule has 19 heteroatoms. The first-order valence-electron chi connectivity index (χ1n) is 20.4. The number of carbonyl (C=O) groups excluding carboxylic acids is 4. The molecule has 5 atom stereocenters. The number of rotatable bonds is 7. The first-order chi connectivity index (χ1) is 28.1. The molecule has 5 aliphatic rings. The monoisotopic (exact) mass is 863 g/mol. The first kappa shape index (κ1) is 43.4. The van der Waals surface area contributed by atoms with Crippen LogP contribution in [0, 0.1) is 5.92 Å². The molecule has 7 rings (SSSR count). The zero-order valence-corrected chi connectivity index (χ0v) is 34.9. The summed E-state index contributed by atoms with van der Waals surface area (Å²) in [5.74, 6) is -3.29. The fourth-order valence-electron chi connectivity index (χ4n) is 8.40. The predicted octanol–water partition coefficient (Wildman–Crippen LogP) is 4.58. The van der Waals surface area contributed by atoms with Crippen molar-refractivity contribution in [3.05, 3.63) is 41.6 Å².